The number of nitrogens with two attached hydrogens (primary N) is 1. The average molecular weight is 279 g/mol. The topological polar surface area (TPSA) is 70.1 Å². The molecule has 0 saturated heterocycles. The Kier molecular flexibility index (Phi) is 4.06. The molecule has 2 rings (SSSR count). The number of ether oxygens (including phenoxy) is 1. The van der Waals surface area contributed by atoms with E-state index in [0.717, 1.165) is 25.7 Å². The highest BCUT2D eigenvalue weighted by molar-refractivity contribution is 5.93. The zero-order valence-corrected chi connectivity index (χ0v) is 12.9. The van der Waals surface area contributed by atoms with Crippen molar-refractivity contribution in [3.8, 4) is 0 Å². The average Bonchev–Trinajstić information content (AvgIpc) is 2.68. The van der Waals surface area contributed by atoms with Crippen molar-refractivity contribution in [1.29, 1.82) is 0 Å². The van der Waals surface area contributed by atoms with Crippen molar-refractivity contribution in [3.05, 3.63) is 11.4 Å². The number of nitrogen functional groups attached to an aromatic ring is 1. The molecule has 1 aromatic rings. The van der Waals surface area contributed by atoms with Gasteiger partial charge in [-0.15, -0.1) is 0 Å². The fourth-order valence-electron chi connectivity index (χ4n) is 2.74. The summed E-state index contributed by atoms with van der Waals surface area (Å²) in [4.78, 5) is 12.3. The first-order valence-electron chi connectivity index (χ1n) is 7.38. The lowest BCUT2D eigenvalue weighted by molar-refractivity contribution is 0.00842. The molecule has 0 radical (unpaired) electrons. The number of aromatic nitrogens is 2. The van der Waals surface area contributed by atoms with Gasteiger partial charge in [0, 0.05) is 6.54 Å². The number of esters is 1. The zero-order valence-electron chi connectivity index (χ0n) is 12.9. The molecule has 0 aromatic carbocycles. The van der Waals surface area contributed by atoms with Gasteiger partial charge in [0.15, 0.2) is 5.69 Å². The van der Waals surface area contributed by atoms with Crippen molar-refractivity contribution in [3.63, 3.8) is 0 Å². The zero-order chi connectivity index (χ0) is 14.9. The van der Waals surface area contributed by atoms with Crippen molar-refractivity contribution >= 4 is 11.7 Å². The molecule has 5 heteroatoms. The van der Waals surface area contributed by atoms with Crippen LogP contribution in [0.1, 0.15) is 62.6 Å². The van der Waals surface area contributed by atoms with E-state index in [2.05, 4.69) is 18.9 Å². The van der Waals surface area contributed by atoms with E-state index in [1.54, 1.807) is 11.6 Å². The summed E-state index contributed by atoms with van der Waals surface area (Å²) in [5, 5.41) is 4.26. The van der Waals surface area contributed by atoms with Crippen LogP contribution < -0.4 is 5.73 Å². The summed E-state index contributed by atoms with van der Waals surface area (Å²) in [5.74, 6) is -0.338. The van der Waals surface area contributed by atoms with E-state index < -0.39 is 0 Å². The summed E-state index contributed by atoms with van der Waals surface area (Å²) < 4.78 is 7.25. The molecule has 5 nitrogen and oxygen atoms in total. The van der Waals surface area contributed by atoms with Crippen LogP contribution in [0.4, 0.5) is 5.69 Å². The Morgan fingerprint density at radius 1 is 1.45 bits per heavy atom. The minimum Gasteiger partial charge on any atom is -0.458 e. The molecular weight excluding hydrogens is 254 g/mol. The lowest BCUT2D eigenvalue weighted by atomic mass is 9.76. The van der Waals surface area contributed by atoms with Crippen molar-refractivity contribution in [2.45, 2.75) is 66.0 Å². The van der Waals surface area contributed by atoms with Crippen LogP contribution in [0.5, 0.6) is 0 Å². The number of nitrogens with zero attached hydrogens (tertiary/aromatic N) is 2. The fraction of sp³-hybridized carbons (Fsp3) is 0.733. The quantitative estimate of drug-likeness (QED) is 0.864. The molecule has 1 fully saturated rings. The first-order valence-corrected chi connectivity index (χ1v) is 7.38. The van der Waals surface area contributed by atoms with E-state index >= 15 is 0 Å². The van der Waals surface area contributed by atoms with Gasteiger partial charge in [0.05, 0.1) is 11.4 Å². The van der Waals surface area contributed by atoms with Crippen LogP contribution in [0.25, 0.3) is 0 Å². The lowest BCUT2D eigenvalue weighted by Crippen LogP contribution is -2.29. The molecule has 0 unspecified atom stereocenters. The summed E-state index contributed by atoms with van der Waals surface area (Å²) >= 11 is 0. The van der Waals surface area contributed by atoms with E-state index in [4.69, 9.17) is 10.5 Å². The summed E-state index contributed by atoms with van der Waals surface area (Å²) in [6.45, 7) is 8.88. The molecule has 20 heavy (non-hydrogen) atoms. The molecule has 1 aliphatic carbocycles. The molecule has 1 saturated carbocycles. The first-order chi connectivity index (χ1) is 9.34. The molecule has 1 aliphatic rings. The second-order valence-corrected chi connectivity index (χ2v) is 6.43. The van der Waals surface area contributed by atoms with Crippen LogP contribution >= 0.6 is 0 Å². The molecule has 0 bridgehead atoms. The van der Waals surface area contributed by atoms with E-state index in [-0.39, 0.29) is 12.1 Å². The van der Waals surface area contributed by atoms with Gasteiger partial charge in [-0.1, -0.05) is 13.8 Å². The van der Waals surface area contributed by atoms with Crippen LogP contribution in [0.15, 0.2) is 0 Å². The number of carbonyl (C=O) groups excluding carboxylic acids is 1. The molecular formula is C15H25N3O2. The number of hydrogen-bond donors (Lipinski definition) is 1. The Morgan fingerprint density at radius 2 is 2.05 bits per heavy atom. The van der Waals surface area contributed by atoms with E-state index in [0.29, 0.717) is 29.0 Å². The second kappa shape index (κ2) is 5.46. The predicted molar refractivity (Wildman–Crippen MR) is 78.5 cm³/mol. The molecule has 0 aliphatic heterocycles. The molecule has 1 heterocycles. The lowest BCUT2D eigenvalue weighted by Gasteiger charge is -2.33. The molecule has 0 amide bonds. The number of aryl methyl sites for hydroxylation is 2. The monoisotopic (exact) mass is 279 g/mol. The van der Waals surface area contributed by atoms with Crippen molar-refractivity contribution in [1.82, 2.24) is 9.78 Å². The van der Waals surface area contributed by atoms with Gasteiger partial charge in [0.25, 0.3) is 0 Å². The van der Waals surface area contributed by atoms with Crippen molar-refractivity contribution < 1.29 is 9.53 Å². The highest BCUT2D eigenvalue weighted by Gasteiger charge is 2.30. The minimum atomic E-state index is -0.338. The van der Waals surface area contributed by atoms with Crippen LogP contribution in [-0.2, 0) is 11.3 Å². The number of carbonyl (C=O) groups is 1. The highest BCUT2D eigenvalue weighted by atomic mass is 16.5. The summed E-state index contributed by atoms with van der Waals surface area (Å²) in [5.41, 5.74) is 7.83. The van der Waals surface area contributed by atoms with Gasteiger partial charge in [-0.2, -0.15) is 5.10 Å². The molecule has 2 N–H and O–H groups in total. The van der Waals surface area contributed by atoms with Crippen LogP contribution in [0, 0.1) is 12.3 Å². The number of anilines is 1. The SMILES string of the molecule is CCn1nc(C)c(N)c1C(=O)OC1CCC(C)(C)CC1. The molecule has 1 aromatic heterocycles. The molecule has 0 spiro atoms. The van der Waals surface area contributed by atoms with Crippen LogP contribution in [0.2, 0.25) is 0 Å². The van der Waals surface area contributed by atoms with Gasteiger partial charge in [-0.25, -0.2) is 4.79 Å². The smallest absolute Gasteiger partial charge is 0.359 e. The Hall–Kier alpha value is -1.52. The third-order valence-electron chi connectivity index (χ3n) is 4.23. The maximum Gasteiger partial charge on any atom is 0.359 e. The van der Waals surface area contributed by atoms with Gasteiger partial charge < -0.3 is 10.5 Å². The Balaban J connectivity index is 2.06. The number of rotatable bonds is 3. The Bertz CT molecular complexity index is 495. The Labute approximate surface area is 120 Å². The molecule has 0 atom stereocenters. The minimum absolute atomic E-state index is 0.00966. The summed E-state index contributed by atoms with van der Waals surface area (Å²) in [6.07, 6.45) is 4.05. The maximum absolute atomic E-state index is 12.3. The van der Waals surface area contributed by atoms with Gasteiger partial charge >= 0.3 is 5.97 Å². The van der Waals surface area contributed by atoms with Crippen molar-refractivity contribution in [2.24, 2.45) is 5.41 Å². The predicted octanol–water partition coefficient (Wildman–Crippen LogP) is 2.92. The van der Waals surface area contributed by atoms with Crippen LogP contribution in [-0.4, -0.2) is 21.9 Å². The summed E-state index contributed by atoms with van der Waals surface area (Å²) in [7, 11) is 0. The van der Waals surface area contributed by atoms with Gasteiger partial charge in [-0.3, -0.25) is 4.68 Å². The maximum atomic E-state index is 12.3. The first kappa shape index (κ1) is 14.9. The summed E-state index contributed by atoms with van der Waals surface area (Å²) in [6, 6.07) is 0. The Morgan fingerprint density at radius 3 is 2.60 bits per heavy atom. The van der Waals surface area contributed by atoms with E-state index in [9.17, 15) is 4.79 Å². The van der Waals surface area contributed by atoms with E-state index in [1.807, 2.05) is 6.92 Å². The number of hydrogen-bond acceptors (Lipinski definition) is 4. The van der Waals surface area contributed by atoms with Crippen molar-refractivity contribution in [2.75, 3.05) is 5.73 Å². The largest absolute Gasteiger partial charge is 0.458 e. The highest BCUT2D eigenvalue weighted by Crippen LogP contribution is 2.36. The third-order valence-corrected chi connectivity index (χ3v) is 4.23. The second-order valence-electron chi connectivity index (χ2n) is 6.43. The normalized spacial score (nSPS) is 19.0. The fourth-order valence-corrected chi connectivity index (χ4v) is 2.74. The van der Waals surface area contributed by atoms with Gasteiger partial charge in [0.1, 0.15) is 6.10 Å². The van der Waals surface area contributed by atoms with Crippen LogP contribution in [0.3, 0.4) is 0 Å². The van der Waals surface area contributed by atoms with Gasteiger partial charge in [-0.05, 0) is 44.9 Å². The van der Waals surface area contributed by atoms with Gasteiger partial charge in [0.2, 0.25) is 0 Å². The third kappa shape index (κ3) is 2.97. The molecule has 112 valence electrons. The van der Waals surface area contributed by atoms with E-state index in [1.165, 1.54) is 0 Å². The standard InChI is InChI=1S/C15H25N3O2/c1-5-18-13(12(16)10(2)17-18)14(19)20-11-6-8-15(3,4)9-7-11/h11H,5-9,16H2,1-4H3.